The predicted molar refractivity (Wildman–Crippen MR) is 153 cm³/mol. The van der Waals surface area contributed by atoms with Gasteiger partial charge in [0.25, 0.3) is 0 Å². The topological polar surface area (TPSA) is 24.9 Å². The third-order valence-corrected chi connectivity index (χ3v) is 9.90. The maximum Gasteiger partial charge on any atom is 0.334 e. The lowest BCUT2D eigenvalue weighted by atomic mass is 10.0. The van der Waals surface area contributed by atoms with Crippen LogP contribution in [0.4, 0.5) is 0 Å². The molecule has 1 atom stereocenters. The van der Waals surface area contributed by atoms with E-state index >= 15 is 0 Å². The molecule has 36 heavy (non-hydrogen) atoms. The van der Waals surface area contributed by atoms with Crippen molar-refractivity contribution in [3.8, 4) is 0 Å². The van der Waals surface area contributed by atoms with Gasteiger partial charge >= 0.3 is 8.56 Å². The second kappa shape index (κ2) is 14.9. The molecule has 0 saturated heterocycles. The summed E-state index contributed by atoms with van der Waals surface area (Å²) in [5.41, 5.74) is 3.94. The van der Waals surface area contributed by atoms with Gasteiger partial charge in [-0.25, -0.2) is 0 Å². The van der Waals surface area contributed by atoms with Crippen LogP contribution < -0.4 is 0 Å². The van der Waals surface area contributed by atoms with Gasteiger partial charge in [-0.05, 0) is 42.2 Å². The molecule has 0 radical (unpaired) electrons. The van der Waals surface area contributed by atoms with Gasteiger partial charge in [-0.15, -0.1) is 6.58 Å². The molecular weight excluding hydrogens is 460 g/mol. The first-order valence-corrected chi connectivity index (χ1v) is 15.4. The van der Waals surface area contributed by atoms with Gasteiger partial charge in [0.15, 0.2) is 0 Å². The molecule has 0 aliphatic carbocycles. The Balaban J connectivity index is 1.75. The van der Waals surface area contributed by atoms with Gasteiger partial charge in [0.2, 0.25) is 0 Å². The molecule has 0 aliphatic heterocycles. The third kappa shape index (κ3) is 8.84. The summed E-state index contributed by atoms with van der Waals surface area (Å²) in [6, 6.07) is 33.3. The fraction of sp³-hybridized carbons (Fsp3) is 0.355. The minimum absolute atomic E-state index is 0.155. The van der Waals surface area contributed by atoms with Crippen molar-refractivity contribution in [2.75, 3.05) is 33.9 Å². The van der Waals surface area contributed by atoms with Gasteiger partial charge in [-0.3, -0.25) is 9.80 Å². The van der Waals surface area contributed by atoms with Crippen LogP contribution in [-0.4, -0.2) is 52.2 Å². The number of nitrogens with zero attached hydrogens (tertiary/aromatic N) is 2. The third-order valence-electron chi connectivity index (χ3n) is 6.91. The Kier molecular flexibility index (Phi) is 11.6. The van der Waals surface area contributed by atoms with E-state index in [1.165, 1.54) is 16.7 Å². The Hall–Kier alpha value is -2.54. The summed E-state index contributed by atoms with van der Waals surface area (Å²) in [6.07, 6.45) is 3.13. The molecule has 0 bridgehead atoms. The minimum atomic E-state index is -2.07. The van der Waals surface area contributed by atoms with E-state index in [2.05, 4.69) is 120 Å². The monoisotopic (exact) mass is 502 g/mol. The highest BCUT2D eigenvalue weighted by Gasteiger charge is 2.28. The molecular formula is C31H42N2O2Si. The molecule has 3 rings (SSSR count). The molecule has 0 aliphatic rings. The fourth-order valence-corrected chi connectivity index (χ4v) is 5.95. The summed E-state index contributed by atoms with van der Waals surface area (Å²) in [6.45, 7) is 11.1. The molecule has 3 aromatic rings. The van der Waals surface area contributed by atoms with Crippen molar-refractivity contribution in [2.45, 2.75) is 38.1 Å². The number of rotatable bonds is 16. The maximum atomic E-state index is 5.73. The van der Waals surface area contributed by atoms with Gasteiger partial charge < -0.3 is 8.85 Å². The first-order valence-electron chi connectivity index (χ1n) is 12.9. The van der Waals surface area contributed by atoms with Crippen LogP contribution in [-0.2, 0) is 21.9 Å². The molecule has 0 N–H and O–H groups in total. The van der Waals surface area contributed by atoms with Crippen LogP contribution in [0, 0.1) is 0 Å². The average Bonchev–Trinajstić information content (AvgIpc) is 2.93. The van der Waals surface area contributed by atoms with Crippen molar-refractivity contribution in [2.24, 2.45) is 0 Å². The Morgan fingerprint density at radius 2 is 1.28 bits per heavy atom. The van der Waals surface area contributed by atoms with Crippen molar-refractivity contribution in [3.05, 3.63) is 120 Å². The molecule has 0 fully saturated rings. The molecule has 1 unspecified atom stereocenters. The van der Waals surface area contributed by atoms with E-state index in [0.29, 0.717) is 0 Å². The minimum Gasteiger partial charge on any atom is -0.398 e. The van der Waals surface area contributed by atoms with Crippen molar-refractivity contribution < 1.29 is 8.85 Å². The Morgan fingerprint density at radius 1 is 0.750 bits per heavy atom. The van der Waals surface area contributed by atoms with E-state index in [1.807, 2.05) is 0 Å². The normalized spacial score (nSPS) is 12.7. The summed E-state index contributed by atoms with van der Waals surface area (Å²) in [5.74, 6) is 0. The summed E-state index contributed by atoms with van der Waals surface area (Å²) in [4.78, 5) is 5.11. The zero-order valence-corrected chi connectivity index (χ0v) is 23.2. The first kappa shape index (κ1) is 28.0. The summed E-state index contributed by atoms with van der Waals surface area (Å²) in [5, 5.41) is 0. The molecule has 0 heterocycles. The largest absolute Gasteiger partial charge is 0.398 e. The van der Waals surface area contributed by atoms with Crippen LogP contribution >= 0.6 is 0 Å². The molecule has 0 saturated carbocycles. The fourth-order valence-electron chi connectivity index (χ4n) is 4.57. The van der Waals surface area contributed by atoms with Crippen LogP contribution in [0.5, 0.6) is 0 Å². The van der Waals surface area contributed by atoms with Crippen LogP contribution in [0.2, 0.25) is 12.6 Å². The number of hydrogen-bond donors (Lipinski definition) is 0. The molecule has 5 heteroatoms. The highest BCUT2D eigenvalue weighted by Crippen LogP contribution is 2.24. The molecule has 3 aromatic carbocycles. The lowest BCUT2D eigenvalue weighted by Crippen LogP contribution is -2.39. The Bertz CT molecular complexity index is 997. The number of benzene rings is 3. The zero-order valence-electron chi connectivity index (χ0n) is 22.2. The van der Waals surface area contributed by atoms with Gasteiger partial charge in [0.05, 0.1) is 6.04 Å². The smallest absolute Gasteiger partial charge is 0.334 e. The predicted octanol–water partition coefficient (Wildman–Crippen LogP) is 6.67. The number of hydrogen-bond acceptors (Lipinski definition) is 4. The summed E-state index contributed by atoms with van der Waals surface area (Å²) >= 11 is 0. The van der Waals surface area contributed by atoms with Crippen molar-refractivity contribution in [1.29, 1.82) is 0 Å². The highest BCUT2D eigenvalue weighted by molar-refractivity contribution is 6.65. The van der Waals surface area contributed by atoms with E-state index in [-0.39, 0.29) is 6.04 Å². The molecule has 0 amide bonds. The summed E-state index contributed by atoms with van der Waals surface area (Å²) in [7, 11) is 1.48. The van der Waals surface area contributed by atoms with Crippen molar-refractivity contribution >= 4 is 8.56 Å². The van der Waals surface area contributed by atoms with Gasteiger partial charge in [-0.2, -0.15) is 0 Å². The lowest BCUT2D eigenvalue weighted by Gasteiger charge is -2.33. The van der Waals surface area contributed by atoms with E-state index in [9.17, 15) is 0 Å². The first-order chi connectivity index (χ1) is 17.6. The maximum absolute atomic E-state index is 5.73. The van der Waals surface area contributed by atoms with Gasteiger partial charge in [0.1, 0.15) is 0 Å². The SMILES string of the molecule is C=CC(c1ccccc1)N(CCN(CCC[Si](C)(OC)OC)Cc1ccccc1)Cc1ccccc1. The summed E-state index contributed by atoms with van der Waals surface area (Å²) < 4.78 is 11.5. The van der Waals surface area contributed by atoms with Crippen LogP contribution in [0.15, 0.2) is 104 Å². The van der Waals surface area contributed by atoms with E-state index in [1.54, 1.807) is 14.2 Å². The van der Waals surface area contributed by atoms with E-state index in [4.69, 9.17) is 8.85 Å². The molecule has 0 spiro atoms. The Labute approximate surface area is 219 Å². The molecule has 0 aromatic heterocycles. The second-order valence-corrected chi connectivity index (χ2v) is 13.0. The van der Waals surface area contributed by atoms with Crippen LogP contribution in [0.25, 0.3) is 0 Å². The van der Waals surface area contributed by atoms with Gasteiger partial charge in [0, 0.05) is 40.4 Å². The van der Waals surface area contributed by atoms with Crippen molar-refractivity contribution in [3.63, 3.8) is 0 Å². The van der Waals surface area contributed by atoms with E-state index < -0.39 is 8.56 Å². The average molecular weight is 503 g/mol. The second-order valence-electron chi connectivity index (χ2n) is 9.45. The van der Waals surface area contributed by atoms with Gasteiger partial charge in [-0.1, -0.05) is 97.1 Å². The lowest BCUT2D eigenvalue weighted by molar-refractivity contribution is 0.168. The van der Waals surface area contributed by atoms with E-state index in [0.717, 1.165) is 45.2 Å². The quantitative estimate of drug-likeness (QED) is 0.161. The Morgan fingerprint density at radius 3 is 1.81 bits per heavy atom. The van der Waals surface area contributed by atoms with Crippen molar-refractivity contribution in [1.82, 2.24) is 9.80 Å². The molecule has 4 nitrogen and oxygen atoms in total. The standard InChI is InChI=1S/C31H42N2O2Si/c1-5-31(30-20-13-8-14-21-30)33(27-29-18-11-7-12-19-29)24-23-32(26-28-16-9-6-10-17-28)22-15-25-36(4,34-2)35-3/h5-14,16-21,31H,1,15,22-27H2,2-4H3. The highest BCUT2D eigenvalue weighted by atomic mass is 28.4. The van der Waals surface area contributed by atoms with Crippen LogP contribution in [0.1, 0.15) is 29.2 Å². The molecule has 192 valence electrons. The zero-order chi connectivity index (χ0) is 25.6. The van der Waals surface area contributed by atoms with Crippen LogP contribution in [0.3, 0.4) is 0 Å².